The third kappa shape index (κ3) is 5.84. The molecule has 4 aromatic rings. The van der Waals surface area contributed by atoms with Gasteiger partial charge in [0.15, 0.2) is 5.65 Å². The highest BCUT2D eigenvalue weighted by Gasteiger charge is 2.19. The lowest BCUT2D eigenvalue weighted by Crippen LogP contribution is -2.37. The van der Waals surface area contributed by atoms with E-state index >= 15 is 0 Å². The monoisotopic (exact) mass is 492 g/mol. The van der Waals surface area contributed by atoms with Crippen molar-refractivity contribution in [1.29, 1.82) is 0 Å². The number of benzene rings is 1. The molecule has 0 spiro atoms. The molecule has 0 unspecified atom stereocenters. The molecular formula is C30H32N6O. The average Bonchev–Trinajstić information content (AvgIpc) is 3.37. The number of rotatable bonds is 8. The van der Waals surface area contributed by atoms with Crippen molar-refractivity contribution in [3.8, 4) is 11.4 Å². The zero-order valence-electron chi connectivity index (χ0n) is 21.4. The van der Waals surface area contributed by atoms with Crippen LogP contribution in [-0.4, -0.2) is 50.9 Å². The Hall–Kier alpha value is -4.10. The minimum absolute atomic E-state index is 0.673. The Morgan fingerprint density at radius 1 is 1.03 bits per heavy atom. The van der Waals surface area contributed by atoms with Crippen LogP contribution in [0.4, 0.5) is 5.82 Å². The van der Waals surface area contributed by atoms with Gasteiger partial charge in [0.1, 0.15) is 11.6 Å². The van der Waals surface area contributed by atoms with Crippen LogP contribution in [0.3, 0.4) is 0 Å². The van der Waals surface area contributed by atoms with Crippen LogP contribution < -0.4 is 4.90 Å². The van der Waals surface area contributed by atoms with Crippen LogP contribution in [0.2, 0.25) is 0 Å². The van der Waals surface area contributed by atoms with E-state index in [-0.39, 0.29) is 0 Å². The van der Waals surface area contributed by atoms with E-state index in [0.717, 1.165) is 59.5 Å². The second-order valence-corrected chi connectivity index (χ2v) is 8.88. The summed E-state index contributed by atoms with van der Waals surface area (Å²) in [5.41, 5.74) is 5.49. The molecule has 1 aliphatic rings. The van der Waals surface area contributed by atoms with Crippen molar-refractivity contribution >= 4 is 17.0 Å². The van der Waals surface area contributed by atoms with Crippen LogP contribution in [0.25, 0.3) is 22.6 Å². The van der Waals surface area contributed by atoms with Crippen molar-refractivity contribution in [2.24, 2.45) is 0 Å². The molecule has 1 fully saturated rings. The van der Waals surface area contributed by atoms with Crippen LogP contribution in [0.15, 0.2) is 85.1 Å². The molecule has 0 atom stereocenters. The first-order valence-corrected chi connectivity index (χ1v) is 12.8. The summed E-state index contributed by atoms with van der Waals surface area (Å²) in [6.45, 7) is 7.12. The second-order valence-electron chi connectivity index (χ2n) is 8.88. The summed E-state index contributed by atoms with van der Waals surface area (Å²) in [7, 11) is 0. The van der Waals surface area contributed by atoms with E-state index in [0.29, 0.717) is 19.6 Å². The summed E-state index contributed by atoms with van der Waals surface area (Å²) >= 11 is 0. The van der Waals surface area contributed by atoms with Crippen LogP contribution in [0.5, 0.6) is 0 Å². The van der Waals surface area contributed by atoms with Gasteiger partial charge < -0.3 is 9.64 Å². The summed E-state index contributed by atoms with van der Waals surface area (Å²) in [6.07, 6.45) is 13.9. The number of allylic oxidation sites excluding steroid dienone is 6. The molecule has 188 valence electrons. The molecule has 7 nitrogen and oxygen atoms in total. The highest BCUT2D eigenvalue weighted by atomic mass is 16.5. The van der Waals surface area contributed by atoms with Gasteiger partial charge in [-0.1, -0.05) is 67.6 Å². The van der Waals surface area contributed by atoms with E-state index in [1.54, 1.807) is 0 Å². The molecule has 1 aliphatic heterocycles. The summed E-state index contributed by atoms with van der Waals surface area (Å²) in [5, 5.41) is 4.98. The summed E-state index contributed by atoms with van der Waals surface area (Å²) in [5.74, 6) is 1.76. The Morgan fingerprint density at radius 2 is 1.86 bits per heavy atom. The molecule has 7 heteroatoms. The maximum atomic E-state index is 5.62. The molecule has 0 bridgehead atoms. The van der Waals surface area contributed by atoms with Gasteiger partial charge in [-0.05, 0) is 25.0 Å². The van der Waals surface area contributed by atoms with Gasteiger partial charge in [0.05, 0.1) is 30.3 Å². The normalized spacial score (nSPS) is 14.9. The van der Waals surface area contributed by atoms with Crippen molar-refractivity contribution < 1.29 is 4.74 Å². The van der Waals surface area contributed by atoms with Crippen molar-refractivity contribution in [3.63, 3.8) is 0 Å². The highest BCUT2D eigenvalue weighted by Crippen LogP contribution is 2.27. The quantitative estimate of drug-likeness (QED) is 0.301. The number of aromatic nitrogens is 5. The molecular weight excluding hydrogens is 460 g/mol. The Kier molecular flexibility index (Phi) is 7.81. The van der Waals surface area contributed by atoms with Gasteiger partial charge in [0.25, 0.3) is 0 Å². The lowest BCUT2D eigenvalue weighted by molar-refractivity contribution is 0.122. The fraction of sp³-hybridized carbons (Fsp3) is 0.267. The predicted octanol–water partition coefficient (Wildman–Crippen LogP) is 5.54. The number of nitrogens with zero attached hydrogens (tertiary/aromatic N) is 6. The topological polar surface area (TPSA) is 68.4 Å². The van der Waals surface area contributed by atoms with Gasteiger partial charge in [0, 0.05) is 43.4 Å². The molecule has 4 heterocycles. The van der Waals surface area contributed by atoms with Gasteiger partial charge in [0.2, 0.25) is 0 Å². The average molecular weight is 493 g/mol. The van der Waals surface area contributed by atoms with E-state index in [2.05, 4.69) is 59.3 Å². The number of anilines is 1. The van der Waals surface area contributed by atoms with Crippen molar-refractivity contribution in [1.82, 2.24) is 24.6 Å². The maximum Gasteiger partial charge on any atom is 0.158 e. The largest absolute Gasteiger partial charge is 0.378 e. The fourth-order valence-corrected chi connectivity index (χ4v) is 4.37. The van der Waals surface area contributed by atoms with Crippen LogP contribution in [0, 0.1) is 0 Å². The molecule has 0 saturated carbocycles. The van der Waals surface area contributed by atoms with Crippen molar-refractivity contribution in [2.75, 3.05) is 31.2 Å². The van der Waals surface area contributed by atoms with E-state index in [9.17, 15) is 0 Å². The van der Waals surface area contributed by atoms with E-state index in [1.165, 1.54) is 5.56 Å². The third-order valence-corrected chi connectivity index (χ3v) is 6.21. The summed E-state index contributed by atoms with van der Waals surface area (Å²) in [6, 6.07) is 16.3. The number of fused-ring (bicyclic) bond motifs is 1. The minimum Gasteiger partial charge on any atom is -0.378 e. The predicted molar refractivity (Wildman–Crippen MR) is 149 cm³/mol. The minimum atomic E-state index is 0.673. The van der Waals surface area contributed by atoms with Crippen LogP contribution in [-0.2, 0) is 11.2 Å². The Balaban J connectivity index is 1.59. The van der Waals surface area contributed by atoms with Crippen LogP contribution >= 0.6 is 0 Å². The maximum absolute atomic E-state index is 5.62. The van der Waals surface area contributed by atoms with Gasteiger partial charge in [-0.25, -0.2) is 15.0 Å². The molecule has 0 N–H and O–H groups in total. The van der Waals surface area contributed by atoms with Gasteiger partial charge >= 0.3 is 0 Å². The van der Waals surface area contributed by atoms with Gasteiger partial charge in [-0.3, -0.25) is 0 Å². The molecule has 5 rings (SSSR count). The smallest absolute Gasteiger partial charge is 0.158 e. The first-order chi connectivity index (χ1) is 18.2. The number of hydrogen-bond acceptors (Lipinski definition) is 6. The van der Waals surface area contributed by atoms with E-state index < -0.39 is 0 Å². The highest BCUT2D eigenvalue weighted by molar-refractivity contribution is 5.76. The second kappa shape index (κ2) is 11.8. The fourth-order valence-electron chi connectivity index (χ4n) is 4.37. The van der Waals surface area contributed by atoms with Crippen molar-refractivity contribution in [2.45, 2.75) is 26.7 Å². The Bertz CT molecular complexity index is 1430. The van der Waals surface area contributed by atoms with Crippen LogP contribution in [0.1, 0.15) is 37.4 Å². The summed E-state index contributed by atoms with van der Waals surface area (Å²) < 4.78 is 7.56. The lowest BCUT2D eigenvalue weighted by atomic mass is 10.1. The molecule has 1 aromatic carbocycles. The zero-order valence-corrected chi connectivity index (χ0v) is 21.4. The molecule has 0 aliphatic carbocycles. The van der Waals surface area contributed by atoms with Crippen molar-refractivity contribution in [3.05, 3.63) is 102 Å². The Morgan fingerprint density at radius 3 is 2.65 bits per heavy atom. The number of ether oxygens (including phenoxy) is 1. The third-order valence-electron chi connectivity index (χ3n) is 6.21. The molecule has 3 aromatic heterocycles. The molecule has 0 amide bonds. The molecule has 0 radical (unpaired) electrons. The molecule has 37 heavy (non-hydrogen) atoms. The van der Waals surface area contributed by atoms with E-state index in [1.807, 2.05) is 54.0 Å². The number of hydrogen-bond donors (Lipinski definition) is 0. The number of morpholine rings is 1. The molecule has 1 saturated heterocycles. The van der Waals surface area contributed by atoms with Gasteiger partial charge in [-0.15, -0.1) is 0 Å². The first kappa shape index (κ1) is 24.6. The summed E-state index contributed by atoms with van der Waals surface area (Å²) in [4.78, 5) is 16.7. The SMILES string of the molecule is C\C=C/C(=C\C=C\CC)c1cc2nc(-c3ccnc(Cc4ccccc4)n3)cc(N3CCOCC3)n2n1. The lowest BCUT2D eigenvalue weighted by Gasteiger charge is -2.29. The van der Waals surface area contributed by atoms with E-state index in [4.69, 9.17) is 19.8 Å². The Labute approximate surface area is 217 Å². The van der Waals surface area contributed by atoms with Gasteiger partial charge in [-0.2, -0.15) is 9.61 Å². The first-order valence-electron chi connectivity index (χ1n) is 12.8. The standard InChI is InChI=1S/C30H32N6O/c1-3-5-7-13-24(10-4-2)26-21-29-33-27(22-30(36(29)34-26)35-16-18-37-19-17-35)25-14-15-31-28(32-25)20-23-11-8-6-9-12-23/h4-15,21-22H,3,16-20H2,1-2H3/b7-5+,10-4-,24-13+. The zero-order chi connectivity index (χ0) is 25.5.